The predicted octanol–water partition coefficient (Wildman–Crippen LogP) is 4.31. The van der Waals surface area contributed by atoms with Gasteiger partial charge in [-0.25, -0.2) is 0 Å². The Labute approximate surface area is 175 Å². The first kappa shape index (κ1) is 21.9. The zero-order valence-electron chi connectivity index (χ0n) is 15.9. The van der Waals surface area contributed by atoms with E-state index in [1.807, 2.05) is 32.0 Å². The highest BCUT2D eigenvalue weighted by molar-refractivity contribution is 7.80. The van der Waals surface area contributed by atoms with Gasteiger partial charge in [-0.3, -0.25) is 9.59 Å². The zero-order chi connectivity index (χ0) is 20.5. The molecule has 1 atom stereocenters. The molecular formula is C21H24ClN3O2S. The first-order chi connectivity index (χ1) is 13.4. The number of nitrogens with one attached hydrogen (secondary N) is 3. The summed E-state index contributed by atoms with van der Waals surface area (Å²) in [6.07, 6.45) is 1.65. The zero-order valence-corrected chi connectivity index (χ0v) is 17.5. The van der Waals surface area contributed by atoms with Crippen LogP contribution in [-0.2, 0) is 11.2 Å². The van der Waals surface area contributed by atoms with Gasteiger partial charge >= 0.3 is 0 Å². The van der Waals surface area contributed by atoms with E-state index in [0.717, 1.165) is 12.0 Å². The van der Waals surface area contributed by atoms with Crippen molar-refractivity contribution in [3.8, 4) is 0 Å². The van der Waals surface area contributed by atoms with Crippen LogP contribution >= 0.6 is 23.8 Å². The molecule has 0 bridgehead atoms. The highest BCUT2D eigenvalue weighted by atomic mass is 35.5. The molecule has 0 aliphatic carbocycles. The van der Waals surface area contributed by atoms with E-state index in [2.05, 4.69) is 16.0 Å². The number of halogens is 1. The summed E-state index contributed by atoms with van der Waals surface area (Å²) in [6, 6.07) is 14.5. The lowest BCUT2D eigenvalue weighted by Gasteiger charge is -2.13. The van der Waals surface area contributed by atoms with Gasteiger partial charge in [0.2, 0.25) is 5.91 Å². The van der Waals surface area contributed by atoms with E-state index in [0.29, 0.717) is 22.7 Å². The molecular weight excluding hydrogens is 394 g/mol. The smallest absolute Gasteiger partial charge is 0.251 e. The van der Waals surface area contributed by atoms with Gasteiger partial charge in [0, 0.05) is 28.7 Å². The lowest BCUT2D eigenvalue weighted by atomic mass is 10.1. The van der Waals surface area contributed by atoms with Crippen molar-refractivity contribution < 1.29 is 9.59 Å². The minimum Gasteiger partial charge on any atom is -0.350 e. The highest BCUT2D eigenvalue weighted by Crippen LogP contribution is 2.16. The summed E-state index contributed by atoms with van der Waals surface area (Å²) in [5.41, 5.74) is 2.07. The van der Waals surface area contributed by atoms with Crippen LogP contribution in [-0.4, -0.2) is 23.0 Å². The Morgan fingerprint density at radius 1 is 1.14 bits per heavy atom. The lowest BCUT2D eigenvalue weighted by molar-refractivity contribution is -0.119. The molecule has 0 spiro atoms. The third-order valence-electron chi connectivity index (χ3n) is 4.20. The maximum Gasteiger partial charge on any atom is 0.251 e. The molecule has 0 aromatic heterocycles. The van der Waals surface area contributed by atoms with Crippen molar-refractivity contribution in [2.24, 2.45) is 0 Å². The molecule has 148 valence electrons. The molecule has 1 unspecified atom stereocenters. The summed E-state index contributed by atoms with van der Waals surface area (Å²) in [5.74, 6) is -0.351. The van der Waals surface area contributed by atoms with Crippen LogP contribution < -0.4 is 16.0 Å². The number of anilines is 1. The Bertz CT molecular complexity index is 857. The van der Waals surface area contributed by atoms with Gasteiger partial charge in [-0.2, -0.15) is 0 Å². The van der Waals surface area contributed by atoms with Crippen molar-refractivity contribution in [3.05, 3.63) is 64.7 Å². The van der Waals surface area contributed by atoms with Crippen molar-refractivity contribution >= 4 is 46.4 Å². The third kappa shape index (κ3) is 6.94. The van der Waals surface area contributed by atoms with Gasteiger partial charge in [-0.05, 0) is 61.8 Å². The Kier molecular flexibility index (Phi) is 8.42. The van der Waals surface area contributed by atoms with Crippen LogP contribution in [0.1, 0.15) is 42.6 Å². The van der Waals surface area contributed by atoms with E-state index in [1.54, 1.807) is 30.3 Å². The number of hydrogen-bond acceptors (Lipinski definition) is 3. The minimum atomic E-state index is -0.205. The average Bonchev–Trinajstić information content (AvgIpc) is 2.67. The third-order valence-corrected chi connectivity index (χ3v) is 4.78. The van der Waals surface area contributed by atoms with Gasteiger partial charge < -0.3 is 16.0 Å². The number of benzene rings is 2. The van der Waals surface area contributed by atoms with E-state index >= 15 is 0 Å². The van der Waals surface area contributed by atoms with Crippen LogP contribution in [0.3, 0.4) is 0 Å². The number of rotatable bonds is 7. The number of thiocarbonyl (C=S) groups is 1. The maximum absolute atomic E-state index is 12.2. The molecule has 2 amide bonds. The minimum absolute atomic E-state index is 0.0996. The Balaban J connectivity index is 1.87. The summed E-state index contributed by atoms with van der Waals surface area (Å²) < 4.78 is 0. The second-order valence-corrected chi connectivity index (χ2v) is 7.27. The first-order valence-electron chi connectivity index (χ1n) is 9.14. The van der Waals surface area contributed by atoms with E-state index < -0.39 is 0 Å². The molecule has 0 aliphatic heterocycles. The van der Waals surface area contributed by atoms with Gasteiger partial charge in [0.1, 0.15) is 0 Å². The summed E-state index contributed by atoms with van der Waals surface area (Å²) >= 11 is 11.3. The van der Waals surface area contributed by atoms with Crippen molar-refractivity contribution in [1.29, 1.82) is 0 Å². The molecule has 0 fully saturated rings. The van der Waals surface area contributed by atoms with Gasteiger partial charge in [-0.1, -0.05) is 42.8 Å². The molecule has 3 N–H and O–H groups in total. The summed E-state index contributed by atoms with van der Waals surface area (Å²) in [5, 5.41) is 9.33. The predicted molar refractivity (Wildman–Crippen MR) is 118 cm³/mol. The van der Waals surface area contributed by atoms with Gasteiger partial charge in [0.05, 0.1) is 0 Å². The van der Waals surface area contributed by atoms with Gasteiger partial charge in [-0.15, -0.1) is 0 Å². The highest BCUT2D eigenvalue weighted by Gasteiger charge is 2.10. The fourth-order valence-corrected chi connectivity index (χ4v) is 2.91. The van der Waals surface area contributed by atoms with Crippen LogP contribution in [0.25, 0.3) is 0 Å². The fraction of sp³-hybridized carbons (Fsp3) is 0.286. The number of aryl methyl sites for hydroxylation is 1. The Hall–Kier alpha value is -2.44. The second kappa shape index (κ2) is 10.8. The number of carbonyl (C=O) groups excluding carboxylic acids is 2. The number of amides is 2. The summed E-state index contributed by atoms with van der Waals surface area (Å²) in [7, 11) is 0. The van der Waals surface area contributed by atoms with E-state index in [-0.39, 0.29) is 29.4 Å². The van der Waals surface area contributed by atoms with E-state index in [1.165, 1.54) is 0 Å². The van der Waals surface area contributed by atoms with Crippen LogP contribution in [0.4, 0.5) is 5.69 Å². The van der Waals surface area contributed by atoms with Gasteiger partial charge in [0.15, 0.2) is 5.11 Å². The number of carbonyl (C=O) groups is 2. The van der Waals surface area contributed by atoms with Crippen molar-refractivity contribution in [3.63, 3.8) is 0 Å². The molecule has 0 heterocycles. The second-order valence-electron chi connectivity index (χ2n) is 6.46. The molecule has 0 aliphatic rings. The SMILES string of the molecule is CCC(C)NC(=O)c1cccc(NC(=S)NC(=O)CCc2ccccc2Cl)c1. The average molecular weight is 418 g/mol. The van der Waals surface area contributed by atoms with Crippen LogP contribution in [0.15, 0.2) is 48.5 Å². The lowest BCUT2D eigenvalue weighted by Crippen LogP contribution is -2.34. The summed E-state index contributed by atoms with van der Waals surface area (Å²) in [6.45, 7) is 3.96. The molecule has 2 rings (SSSR count). The molecule has 7 heteroatoms. The van der Waals surface area contributed by atoms with Crippen molar-refractivity contribution in [1.82, 2.24) is 10.6 Å². The number of hydrogen-bond donors (Lipinski definition) is 3. The topological polar surface area (TPSA) is 70.2 Å². The largest absolute Gasteiger partial charge is 0.350 e. The first-order valence-corrected chi connectivity index (χ1v) is 9.92. The standard InChI is InChI=1S/C21H24ClN3O2S/c1-3-14(2)23-20(27)16-8-6-9-17(13-16)24-21(28)25-19(26)12-11-15-7-4-5-10-18(15)22/h4-10,13-14H,3,11-12H2,1-2H3,(H,23,27)(H2,24,25,26,28). The van der Waals surface area contributed by atoms with Gasteiger partial charge in [0.25, 0.3) is 5.91 Å². The summed E-state index contributed by atoms with van der Waals surface area (Å²) in [4.78, 5) is 24.3. The Morgan fingerprint density at radius 2 is 1.89 bits per heavy atom. The van der Waals surface area contributed by atoms with Crippen LogP contribution in [0, 0.1) is 0 Å². The molecule has 0 saturated heterocycles. The molecule has 5 nitrogen and oxygen atoms in total. The molecule has 2 aromatic rings. The van der Waals surface area contributed by atoms with E-state index in [9.17, 15) is 9.59 Å². The fourth-order valence-electron chi connectivity index (χ4n) is 2.45. The Morgan fingerprint density at radius 3 is 2.61 bits per heavy atom. The monoisotopic (exact) mass is 417 g/mol. The molecule has 28 heavy (non-hydrogen) atoms. The van der Waals surface area contributed by atoms with Crippen molar-refractivity contribution in [2.45, 2.75) is 39.2 Å². The molecule has 0 saturated carbocycles. The molecule has 2 aromatic carbocycles. The van der Waals surface area contributed by atoms with Crippen molar-refractivity contribution in [2.75, 3.05) is 5.32 Å². The van der Waals surface area contributed by atoms with E-state index in [4.69, 9.17) is 23.8 Å². The quantitative estimate of drug-likeness (QED) is 0.587. The van der Waals surface area contributed by atoms with Crippen LogP contribution in [0.2, 0.25) is 5.02 Å². The van der Waals surface area contributed by atoms with Crippen LogP contribution in [0.5, 0.6) is 0 Å². The molecule has 0 radical (unpaired) electrons. The maximum atomic E-state index is 12.2. The normalized spacial score (nSPS) is 11.4.